The summed E-state index contributed by atoms with van der Waals surface area (Å²) in [4.78, 5) is 0. The summed E-state index contributed by atoms with van der Waals surface area (Å²) in [5.41, 5.74) is 2.10. The van der Waals surface area contributed by atoms with Crippen molar-refractivity contribution in [2.24, 2.45) is 0 Å². The van der Waals surface area contributed by atoms with Crippen LogP contribution in [0.3, 0.4) is 0 Å². The highest BCUT2D eigenvalue weighted by Gasteiger charge is 2.12. The normalized spacial score (nSPS) is 13.4. The molecule has 74 valence electrons. The first-order valence-corrected chi connectivity index (χ1v) is 4.84. The predicted molar refractivity (Wildman–Crippen MR) is 55.2 cm³/mol. The van der Waals surface area contributed by atoms with Crippen LogP contribution in [-0.4, -0.2) is 0 Å². The summed E-state index contributed by atoms with van der Waals surface area (Å²) in [5, 5.41) is 0.592. The van der Waals surface area contributed by atoms with E-state index in [2.05, 4.69) is 0 Å². The van der Waals surface area contributed by atoms with Gasteiger partial charge in [0.2, 0.25) is 0 Å². The fraction of sp³-hybridized carbons (Fsp3) is 0.273. The van der Waals surface area contributed by atoms with Gasteiger partial charge in [-0.25, -0.2) is 4.39 Å². The molecular weight excluding hydrogens is 203 g/mol. The zero-order chi connectivity index (χ0) is 10.3. The van der Waals surface area contributed by atoms with Gasteiger partial charge in [0.1, 0.15) is 11.4 Å². The second-order valence-electron chi connectivity index (χ2n) is 3.40. The van der Waals surface area contributed by atoms with Crippen LogP contribution in [0.15, 0.2) is 22.8 Å². The molecule has 0 aliphatic carbocycles. The third-order valence-corrected chi connectivity index (χ3v) is 2.55. The van der Waals surface area contributed by atoms with Gasteiger partial charge in [0.25, 0.3) is 0 Å². The molecule has 0 aliphatic rings. The Kier molecular flexibility index (Phi) is 2.23. The Morgan fingerprint density at radius 1 is 1.43 bits per heavy atom. The number of rotatable bonds is 1. The maximum absolute atomic E-state index is 13.3. The highest BCUT2D eigenvalue weighted by atomic mass is 35.5. The Hall–Kier alpha value is -1.02. The summed E-state index contributed by atoms with van der Waals surface area (Å²) in [5.74, 6) is -0.225. The van der Waals surface area contributed by atoms with Crippen LogP contribution in [-0.2, 0) is 0 Å². The highest BCUT2D eigenvalue weighted by Crippen LogP contribution is 2.31. The lowest BCUT2D eigenvalue weighted by atomic mass is 10.1. The van der Waals surface area contributed by atoms with Crippen LogP contribution in [0.2, 0.25) is 0 Å². The molecule has 1 aromatic carbocycles. The average molecular weight is 213 g/mol. The molecule has 0 radical (unpaired) electrons. The van der Waals surface area contributed by atoms with Crippen LogP contribution in [0.4, 0.5) is 4.39 Å². The third-order valence-electron chi connectivity index (χ3n) is 2.31. The van der Waals surface area contributed by atoms with Gasteiger partial charge in [-0.3, -0.25) is 0 Å². The van der Waals surface area contributed by atoms with Crippen LogP contribution < -0.4 is 0 Å². The van der Waals surface area contributed by atoms with Gasteiger partial charge in [-0.1, -0.05) is 0 Å². The minimum Gasteiger partial charge on any atom is -0.464 e. The van der Waals surface area contributed by atoms with Gasteiger partial charge in [0.05, 0.1) is 11.6 Å². The number of alkyl halides is 1. The van der Waals surface area contributed by atoms with Crippen molar-refractivity contribution in [2.45, 2.75) is 19.2 Å². The monoisotopic (exact) mass is 212 g/mol. The average Bonchev–Trinajstić information content (AvgIpc) is 2.48. The van der Waals surface area contributed by atoms with Crippen molar-refractivity contribution in [1.29, 1.82) is 0 Å². The number of halogens is 2. The molecule has 0 saturated carbocycles. The molecule has 0 spiro atoms. The van der Waals surface area contributed by atoms with Crippen molar-refractivity contribution in [2.75, 3.05) is 0 Å². The fourth-order valence-corrected chi connectivity index (χ4v) is 1.65. The van der Waals surface area contributed by atoms with Crippen molar-refractivity contribution in [3.05, 3.63) is 35.3 Å². The van der Waals surface area contributed by atoms with E-state index in [0.29, 0.717) is 11.1 Å². The minimum atomic E-state index is -0.225. The molecule has 1 heterocycles. The lowest BCUT2D eigenvalue weighted by Crippen LogP contribution is -1.84. The molecular formula is C11H10ClFO. The van der Waals surface area contributed by atoms with Gasteiger partial charge in [-0.15, -0.1) is 11.6 Å². The standard InChI is InChI=1S/C11H10ClFO/c1-6-3-11-8(4-10(6)13)9(5-14-11)7(2)12/h3-5,7H,1-2H3. The molecule has 3 heteroatoms. The first-order valence-electron chi connectivity index (χ1n) is 4.41. The summed E-state index contributed by atoms with van der Waals surface area (Å²) >= 11 is 5.93. The van der Waals surface area contributed by atoms with Crippen LogP contribution >= 0.6 is 11.6 Å². The van der Waals surface area contributed by atoms with Gasteiger partial charge in [0, 0.05) is 10.9 Å². The van der Waals surface area contributed by atoms with Crippen LogP contribution in [0.5, 0.6) is 0 Å². The molecule has 0 bridgehead atoms. The van der Waals surface area contributed by atoms with E-state index >= 15 is 0 Å². The van der Waals surface area contributed by atoms with E-state index in [-0.39, 0.29) is 11.2 Å². The van der Waals surface area contributed by atoms with Gasteiger partial charge in [0.15, 0.2) is 0 Å². The Bertz CT molecular complexity index is 473. The van der Waals surface area contributed by atoms with Crippen molar-refractivity contribution >= 4 is 22.6 Å². The molecule has 2 rings (SSSR count). The maximum atomic E-state index is 13.3. The number of benzene rings is 1. The van der Waals surface area contributed by atoms with Crippen LogP contribution in [0.25, 0.3) is 11.0 Å². The minimum absolute atomic E-state index is 0.168. The summed E-state index contributed by atoms with van der Waals surface area (Å²) in [6.07, 6.45) is 1.58. The van der Waals surface area contributed by atoms with Gasteiger partial charge >= 0.3 is 0 Å². The third kappa shape index (κ3) is 1.40. The van der Waals surface area contributed by atoms with Crippen LogP contribution in [0, 0.1) is 12.7 Å². The summed E-state index contributed by atoms with van der Waals surface area (Å²) < 4.78 is 18.6. The SMILES string of the molecule is Cc1cc2occ(C(C)Cl)c2cc1F. The first-order chi connectivity index (χ1) is 6.59. The Balaban J connectivity index is 2.74. The molecule has 1 atom stereocenters. The second-order valence-corrected chi connectivity index (χ2v) is 4.06. The van der Waals surface area contributed by atoms with E-state index in [4.69, 9.17) is 16.0 Å². The summed E-state index contributed by atoms with van der Waals surface area (Å²) in [7, 11) is 0. The molecule has 14 heavy (non-hydrogen) atoms. The fourth-order valence-electron chi connectivity index (χ4n) is 1.48. The van der Waals surface area contributed by atoms with E-state index in [1.54, 1.807) is 19.3 Å². The zero-order valence-electron chi connectivity index (χ0n) is 7.97. The molecule has 0 aliphatic heterocycles. The Morgan fingerprint density at radius 3 is 2.79 bits per heavy atom. The lowest BCUT2D eigenvalue weighted by molar-refractivity contribution is 0.602. The number of hydrogen-bond acceptors (Lipinski definition) is 1. The number of hydrogen-bond donors (Lipinski definition) is 0. The number of fused-ring (bicyclic) bond motifs is 1. The van der Waals surface area contributed by atoms with E-state index < -0.39 is 0 Å². The van der Waals surface area contributed by atoms with E-state index in [1.807, 2.05) is 6.92 Å². The topological polar surface area (TPSA) is 13.1 Å². The van der Waals surface area contributed by atoms with Gasteiger partial charge in [-0.05, 0) is 31.5 Å². The van der Waals surface area contributed by atoms with Crippen molar-refractivity contribution in [1.82, 2.24) is 0 Å². The molecule has 1 nitrogen and oxygen atoms in total. The quantitative estimate of drug-likeness (QED) is 0.647. The largest absolute Gasteiger partial charge is 0.464 e. The van der Waals surface area contributed by atoms with Crippen molar-refractivity contribution in [3.63, 3.8) is 0 Å². The second kappa shape index (κ2) is 3.28. The Morgan fingerprint density at radius 2 is 2.14 bits per heavy atom. The van der Waals surface area contributed by atoms with Gasteiger partial charge < -0.3 is 4.42 Å². The van der Waals surface area contributed by atoms with E-state index in [1.165, 1.54) is 6.07 Å². The number of aryl methyl sites for hydroxylation is 1. The van der Waals surface area contributed by atoms with Crippen LogP contribution in [0.1, 0.15) is 23.4 Å². The molecule has 1 unspecified atom stereocenters. The molecule has 1 aromatic heterocycles. The maximum Gasteiger partial charge on any atom is 0.134 e. The van der Waals surface area contributed by atoms with Crippen molar-refractivity contribution in [3.8, 4) is 0 Å². The molecule has 0 N–H and O–H groups in total. The van der Waals surface area contributed by atoms with Crippen molar-refractivity contribution < 1.29 is 8.81 Å². The molecule has 0 amide bonds. The number of furan rings is 1. The van der Waals surface area contributed by atoms with E-state index in [9.17, 15) is 4.39 Å². The first kappa shape index (κ1) is 9.53. The molecule has 0 fully saturated rings. The van der Waals surface area contributed by atoms with Gasteiger partial charge in [-0.2, -0.15) is 0 Å². The predicted octanol–water partition coefficient (Wildman–Crippen LogP) is 4.18. The van der Waals surface area contributed by atoms with E-state index in [0.717, 1.165) is 10.9 Å². The molecule has 0 saturated heterocycles. The summed E-state index contributed by atoms with van der Waals surface area (Å²) in [6, 6.07) is 3.16. The zero-order valence-corrected chi connectivity index (χ0v) is 8.73. The highest BCUT2D eigenvalue weighted by molar-refractivity contribution is 6.21. The Labute approximate surface area is 86.5 Å². The molecule has 2 aromatic rings. The summed E-state index contributed by atoms with van der Waals surface area (Å²) in [6.45, 7) is 3.55. The lowest BCUT2D eigenvalue weighted by Gasteiger charge is -2.00. The smallest absolute Gasteiger partial charge is 0.134 e.